The van der Waals surface area contributed by atoms with Crippen LogP contribution in [0.25, 0.3) is 23.4 Å². The number of aromatic amines is 1. The third-order valence-electron chi connectivity index (χ3n) is 3.38. The van der Waals surface area contributed by atoms with Gasteiger partial charge in [0, 0.05) is 11.6 Å². The van der Waals surface area contributed by atoms with Gasteiger partial charge >= 0.3 is 0 Å². The number of rotatable bonds is 4. The summed E-state index contributed by atoms with van der Waals surface area (Å²) in [5, 5.41) is 0. The number of benzene rings is 2. The van der Waals surface area contributed by atoms with Gasteiger partial charge in [-0.3, -0.25) is 4.79 Å². The number of hydrogen-bond donors (Lipinski definition) is 1. The van der Waals surface area contributed by atoms with E-state index >= 15 is 0 Å². The molecule has 0 unspecified atom stereocenters. The van der Waals surface area contributed by atoms with E-state index < -0.39 is 0 Å². The van der Waals surface area contributed by atoms with Gasteiger partial charge in [-0.25, -0.2) is 4.98 Å². The van der Waals surface area contributed by atoms with Crippen LogP contribution in [0, 0.1) is 0 Å². The van der Waals surface area contributed by atoms with Crippen LogP contribution in [0.5, 0.6) is 5.75 Å². The monoisotopic (exact) mass is 304 g/mol. The molecule has 0 radical (unpaired) electrons. The van der Waals surface area contributed by atoms with Gasteiger partial charge in [0.05, 0.1) is 12.8 Å². The van der Waals surface area contributed by atoms with Gasteiger partial charge in [0.25, 0.3) is 5.56 Å². The van der Waals surface area contributed by atoms with Crippen molar-refractivity contribution < 1.29 is 4.74 Å². The van der Waals surface area contributed by atoms with Crippen molar-refractivity contribution in [2.24, 2.45) is 0 Å². The van der Waals surface area contributed by atoms with Crippen LogP contribution >= 0.6 is 0 Å². The van der Waals surface area contributed by atoms with Gasteiger partial charge in [0.1, 0.15) is 11.6 Å². The highest BCUT2D eigenvalue weighted by molar-refractivity contribution is 5.68. The minimum Gasteiger partial charge on any atom is -0.497 e. The summed E-state index contributed by atoms with van der Waals surface area (Å²) in [5.41, 5.74) is 2.40. The van der Waals surface area contributed by atoms with Crippen LogP contribution in [0.4, 0.5) is 0 Å². The van der Waals surface area contributed by atoms with E-state index in [1.807, 2.05) is 60.7 Å². The van der Waals surface area contributed by atoms with E-state index in [1.54, 1.807) is 13.2 Å². The fourth-order valence-electron chi connectivity index (χ4n) is 2.20. The van der Waals surface area contributed by atoms with Gasteiger partial charge in [-0.1, -0.05) is 48.5 Å². The fraction of sp³-hybridized carbons (Fsp3) is 0.0526. The lowest BCUT2D eigenvalue weighted by molar-refractivity contribution is 0.415. The molecular weight excluding hydrogens is 288 g/mol. The summed E-state index contributed by atoms with van der Waals surface area (Å²) in [6.45, 7) is 0. The van der Waals surface area contributed by atoms with E-state index in [0.717, 1.165) is 16.9 Å². The van der Waals surface area contributed by atoms with E-state index in [2.05, 4.69) is 9.97 Å². The molecule has 0 aliphatic carbocycles. The third-order valence-corrected chi connectivity index (χ3v) is 3.38. The van der Waals surface area contributed by atoms with Gasteiger partial charge in [-0.05, 0) is 23.8 Å². The van der Waals surface area contributed by atoms with Crippen molar-refractivity contribution in [3.05, 3.63) is 82.4 Å². The number of H-pyrrole nitrogens is 1. The van der Waals surface area contributed by atoms with Crippen LogP contribution in [-0.2, 0) is 0 Å². The first kappa shape index (κ1) is 14.8. The summed E-state index contributed by atoms with van der Waals surface area (Å²) in [6, 6.07) is 18.8. The molecule has 3 aromatic rings. The second-order valence-corrected chi connectivity index (χ2v) is 4.99. The first-order valence-electron chi connectivity index (χ1n) is 7.23. The molecule has 4 heteroatoms. The summed E-state index contributed by atoms with van der Waals surface area (Å²) in [6.07, 6.45) is 3.68. The predicted octanol–water partition coefficient (Wildman–Crippen LogP) is 3.62. The molecular formula is C19H16N2O2. The number of nitrogens with one attached hydrogen (secondary N) is 1. The Hall–Kier alpha value is -3.14. The molecule has 0 aliphatic rings. The highest BCUT2D eigenvalue weighted by Gasteiger charge is 2.01. The molecule has 0 fully saturated rings. The van der Waals surface area contributed by atoms with E-state index in [4.69, 9.17) is 4.74 Å². The van der Waals surface area contributed by atoms with Crippen LogP contribution in [0.15, 0.2) is 65.5 Å². The molecule has 0 saturated heterocycles. The number of hydrogen-bond acceptors (Lipinski definition) is 3. The van der Waals surface area contributed by atoms with Crippen LogP contribution in [0.2, 0.25) is 0 Å². The largest absolute Gasteiger partial charge is 0.497 e. The summed E-state index contributed by atoms with van der Waals surface area (Å²) < 4.78 is 5.13. The Morgan fingerprint density at radius 1 is 1.00 bits per heavy atom. The predicted molar refractivity (Wildman–Crippen MR) is 92.2 cm³/mol. The number of aromatic nitrogens is 2. The normalized spacial score (nSPS) is 10.8. The van der Waals surface area contributed by atoms with Gasteiger partial charge in [0.15, 0.2) is 0 Å². The Kier molecular flexibility index (Phi) is 4.34. The molecule has 1 heterocycles. The Bertz CT molecular complexity index is 866. The number of methoxy groups -OCH3 is 1. The van der Waals surface area contributed by atoms with Crippen LogP contribution in [-0.4, -0.2) is 17.1 Å². The van der Waals surface area contributed by atoms with Crippen molar-refractivity contribution in [2.75, 3.05) is 7.11 Å². The van der Waals surface area contributed by atoms with Crippen molar-refractivity contribution in [2.45, 2.75) is 0 Å². The molecule has 1 N–H and O–H groups in total. The molecule has 114 valence electrons. The second-order valence-electron chi connectivity index (χ2n) is 4.99. The van der Waals surface area contributed by atoms with E-state index in [-0.39, 0.29) is 5.56 Å². The zero-order chi connectivity index (χ0) is 16.1. The molecule has 4 nitrogen and oxygen atoms in total. The van der Waals surface area contributed by atoms with Crippen molar-refractivity contribution in [3.63, 3.8) is 0 Å². The molecule has 0 aliphatic heterocycles. The minimum absolute atomic E-state index is 0.173. The van der Waals surface area contributed by atoms with Crippen LogP contribution < -0.4 is 10.3 Å². The summed E-state index contributed by atoms with van der Waals surface area (Å²) >= 11 is 0. The lowest BCUT2D eigenvalue weighted by atomic mass is 10.1. The molecule has 0 saturated carbocycles. The maximum absolute atomic E-state index is 11.8. The lowest BCUT2D eigenvalue weighted by Gasteiger charge is -2.02. The molecule has 2 aromatic carbocycles. The summed E-state index contributed by atoms with van der Waals surface area (Å²) in [4.78, 5) is 19.1. The van der Waals surface area contributed by atoms with E-state index in [9.17, 15) is 4.79 Å². The maximum atomic E-state index is 11.8. The van der Waals surface area contributed by atoms with Crippen LogP contribution in [0.3, 0.4) is 0 Å². The Morgan fingerprint density at radius 2 is 1.74 bits per heavy atom. The molecule has 1 aromatic heterocycles. The van der Waals surface area contributed by atoms with Gasteiger partial charge in [0.2, 0.25) is 0 Å². The van der Waals surface area contributed by atoms with Gasteiger partial charge in [-0.2, -0.15) is 0 Å². The van der Waals surface area contributed by atoms with Crippen molar-refractivity contribution in [1.82, 2.24) is 9.97 Å². The molecule has 0 atom stereocenters. The zero-order valence-corrected chi connectivity index (χ0v) is 12.7. The van der Waals surface area contributed by atoms with Crippen LogP contribution in [0.1, 0.15) is 11.4 Å². The highest BCUT2D eigenvalue weighted by atomic mass is 16.5. The first-order valence-corrected chi connectivity index (χ1v) is 7.23. The average Bonchev–Trinajstić information content (AvgIpc) is 2.61. The van der Waals surface area contributed by atoms with Crippen molar-refractivity contribution in [1.29, 1.82) is 0 Å². The molecule has 23 heavy (non-hydrogen) atoms. The second kappa shape index (κ2) is 6.75. The zero-order valence-electron chi connectivity index (χ0n) is 12.7. The molecule has 0 amide bonds. The third kappa shape index (κ3) is 3.74. The molecule has 0 bridgehead atoms. The summed E-state index contributed by atoms with van der Waals surface area (Å²) in [7, 11) is 1.63. The maximum Gasteiger partial charge on any atom is 0.251 e. The standard InChI is InChI=1S/C19H16N2O2/c1-23-16-10-7-14(8-11-16)9-12-18-20-17(13-19(22)21-18)15-5-3-2-4-6-15/h2-13H,1H3,(H,20,21,22)/b12-9-. The molecule has 3 rings (SSSR count). The topological polar surface area (TPSA) is 55.0 Å². The summed E-state index contributed by atoms with van der Waals surface area (Å²) in [5.74, 6) is 1.33. The highest BCUT2D eigenvalue weighted by Crippen LogP contribution is 2.16. The Morgan fingerprint density at radius 3 is 2.43 bits per heavy atom. The number of nitrogens with zero attached hydrogens (tertiary/aromatic N) is 1. The van der Waals surface area contributed by atoms with E-state index in [0.29, 0.717) is 11.5 Å². The average molecular weight is 304 g/mol. The quantitative estimate of drug-likeness (QED) is 0.801. The Balaban J connectivity index is 1.89. The van der Waals surface area contributed by atoms with Crippen molar-refractivity contribution in [3.8, 4) is 17.0 Å². The first-order chi connectivity index (χ1) is 11.2. The van der Waals surface area contributed by atoms with Gasteiger partial charge in [-0.15, -0.1) is 0 Å². The smallest absolute Gasteiger partial charge is 0.251 e. The van der Waals surface area contributed by atoms with Crippen molar-refractivity contribution >= 4 is 12.2 Å². The Labute approximate surface area is 134 Å². The van der Waals surface area contributed by atoms with Gasteiger partial charge < -0.3 is 9.72 Å². The molecule has 0 spiro atoms. The SMILES string of the molecule is COc1ccc(/C=C\c2nc(-c3ccccc3)cc(=O)[nH]2)cc1. The fourth-order valence-corrected chi connectivity index (χ4v) is 2.20. The van der Waals surface area contributed by atoms with E-state index in [1.165, 1.54) is 6.07 Å². The minimum atomic E-state index is -0.173. The number of ether oxygens (including phenoxy) is 1. The lowest BCUT2D eigenvalue weighted by Crippen LogP contribution is -2.08.